The van der Waals surface area contributed by atoms with E-state index in [2.05, 4.69) is 32.6 Å². The molecule has 0 unspecified atom stereocenters. The minimum atomic E-state index is -0.000670. The largest absolute Gasteiger partial charge is 0.350 e. The van der Waals surface area contributed by atoms with Gasteiger partial charge in [0.1, 0.15) is 0 Å². The highest BCUT2D eigenvalue weighted by Gasteiger charge is 2.32. The van der Waals surface area contributed by atoms with Gasteiger partial charge in [-0.3, -0.25) is 4.79 Å². The van der Waals surface area contributed by atoms with Crippen LogP contribution in [0.3, 0.4) is 0 Å². The molecule has 2 rings (SSSR count). The van der Waals surface area contributed by atoms with Crippen molar-refractivity contribution in [2.24, 2.45) is 0 Å². The zero-order chi connectivity index (χ0) is 15.3. The third kappa shape index (κ3) is 4.55. The molecule has 1 aliphatic rings. The van der Waals surface area contributed by atoms with E-state index < -0.39 is 0 Å². The number of hydrogen-bond acceptors (Lipinski definition) is 2. The summed E-state index contributed by atoms with van der Waals surface area (Å²) in [6.45, 7) is 2.03. The maximum Gasteiger partial charge on any atom is 0.222 e. The average Bonchev–Trinajstić information content (AvgIpc) is 2.48. The van der Waals surface area contributed by atoms with Crippen LogP contribution < -0.4 is 10.6 Å². The van der Waals surface area contributed by atoms with Gasteiger partial charge in [-0.05, 0) is 44.5 Å². The molecule has 21 heavy (non-hydrogen) atoms. The van der Waals surface area contributed by atoms with E-state index >= 15 is 0 Å². The number of benzene rings is 1. The summed E-state index contributed by atoms with van der Waals surface area (Å²) in [5, 5.41) is 6.53. The molecule has 2 N–H and O–H groups in total. The van der Waals surface area contributed by atoms with E-state index in [0.29, 0.717) is 6.42 Å². The van der Waals surface area contributed by atoms with Crippen molar-refractivity contribution in [3.05, 3.63) is 34.3 Å². The Kier molecular flexibility index (Phi) is 5.82. The number of carbonyl (C=O) groups is 1. The third-order valence-electron chi connectivity index (χ3n) is 4.57. The predicted molar refractivity (Wildman–Crippen MR) is 90.2 cm³/mol. The first-order valence-electron chi connectivity index (χ1n) is 7.78. The van der Waals surface area contributed by atoms with Gasteiger partial charge in [-0.1, -0.05) is 47.3 Å². The summed E-state index contributed by atoms with van der Waals surface area (Å²) in [5.41, 5.74) is 1.12. The molecular formula is C17H25BrN2O. The zero-order valence-electron chi connectivity index (χ0n) is 12.9. The van der Waals surface area contributed by atoms with Crippen molar-refractivity contribution < 1.29 is 4.79 Å². The molecule has 0 radical (unpaired) electrons. The van der Waals surface area contributed by atoms with Gasteiger partial charge >= 0.3 is 0 Å². The van der Waals surface area contributed by atoms with Gasteiger partial charge in [-0.15, -0.1) is 0 Å². The van der Waals surface area contributed by atoms with Gasteiger partial charge in [-0.2, -0.15) is 0 Å². The summed E-state index contributed by atoms with van der Waals surface area (Å²) >= 11 is 3.47. The number of halogens is 1. The molecule has 0 aliphatic heterocycles. The summed E-state index contributed by atoms with van der Waals surface area (Å²) in [7, 11) is 1.98. The lowest BCUT2D eigenvalue weighted by atomic mass is 9.79. The molecule has 1 aromatic rings. The molecule has 0 bridgehead atoms. The fourth-order valence-corrected chi connectivity index (χ4v) is 3.62. The minimum absolute atomic E-state index is 0.000670. The standard InChI is InChI=1S/C17H25BrN2O/c1-13(14-7-6-8-15(18)11-14)20-16(21)12-17(19-2)9-4-3-5-10-17/h6-8,11,13,19H,3-5,9-10,12H2,1-2H3,(H,20,21)/t13-/m1/s1. The van der Waals surface area contributed by atoms with Crippen LogP contribution in [-0.4, -0.2) is 18.5 Å². The van der Waals surface area contributed by atoms with Crippen LogP contribution in [0.4, 0.5) is 0 Å². The van der Waals surface area contributed by atoms with E-state index in [9.17, 15) is 4.79 Å². The van der Waals surface area contributed by atoms with Crippen LogP contribution in [0.25, 0.3) is 0 Å². The zero-order valence-corrected chi connectivity index (χ0v) is 14.5. The van der Waals surface area contributed by atoms with Crippen molar-refractivity contribution in [1.82, 2.24) is 10.6 Å². The SMILES string of the molecule is CNC1(CC(=O)N[C@H](C)c2cccc(Br)c2)CCCCC1. The summed E-state index contributed by atoms with van der Waals surface area (Å²) in [6.07, 6.45) is 6.50. The van der Waals surface area contributed by atoms with E-state index in [0.717, 1.165) is 22.9 Å². The van der Waals surface area contributed by atoms with Gasteiger partial charge in [0, 0.05) is 16.4 Å². The van der Waals surface area contributed by atoms with Crippen LogP contribution in [-0.2, 0) is 4.79 Å². The number of hydrogen-bond donors (Lipinski definition) is 2. The molecule has 1 aliphatic carbocycles. The Morgan fingerprint density at radius 1 is 1.33 bits per heavy atom. The molecule has 116 valence electrons. The first-order valence-corrected chi connectivity index (χ1v) is 8.58. The normalized spacial score (nSPS) is 19.0. The molecule has 0 saturated heterocycles. The second-order valence-corrected chi connectivity index (χ2v) is 7.03. The summed E-state index contributed by atoms with van der Waals surface area (Å²) in [6, 6.07) is 8.13. The Labute approximate surface area is 136 Å². The Bertz CT molecular complexity index is 483. The Hall–Kier alpha value is -0.870. The Morgan fingerprint density at radius 2 is 2.05 bits per heavy atom. The van der Waals surface area contributed by atoms with E-state index in [-0.39, 0.29) is 17.5 Å². The van der Waals surface area contributed by atoms with Crippen molar-refractivity contribution in [2.45, 2.75) is 57.0 Å². The van der Waals surface area contributed by atoms with Crippen molar-refractivity contribution in [1.29, 1.82) is 0 Å². The lowest BCUT2D eigenvalue weighted by Gasteiger charge is -2.37. The van der Waals surface area contributed by atoms with Crippen LogP contribution in [0, 0.1) is 0 Å². The molecule has 1 aromatic carbocycles. The molecule has 0 spiro atoms. The number of carbonyl (C=O) groups excluding carboxylic acids is 1. The topological polar surface area (TPSA) is 41.1 Å². The maximum atomic E-state index is 12.4. The first-order chi connectivity index (χ1) is 10.0. The van der Waals surface area contributed by atoms with Crippen LogP contribution in [0.1, 0.15) is 57.1 Å². The molecule has 3 nitrogen and oxygen atoms in total. The van der Waals surface area contributed by atoms with E-state index in [1.165, 1.54) is 19.3 Å². The molecule has 1 atom stereocenters. The van der Waals surface area contributed by atoms with E-state index in [1.807, 2.05) is 32.2 Å². The summed E-state index contributed by atoms with van der Waals surface area (Å²) in [5.74, 6) is 0.138. The van der Waals surface area contributed by atoms with Crippen LogP contribution >= 0.6 is 15.9 Å². The fraction of sp³-hybridized carbons (Fsp3) is 0.588. The Balaban J connectivity index is 1.94. The second kappa shape index (κ2) is 7.41. The Morgan fingerprint density at radius 3 is 2.67 bits per heavy atom. The predicted octanol–water partition coefficient (Wildman–Crippen LogP) is 3.94. The van der Waals surface area contributed by atoms with E-state index in [1.54, 1.807) is 0 Å². The van der Waals surface area contributed by atoms with Gasteiger partial charge in [0.15, 0.2) is 0 Å². The third-order valence-corrected chi connectivity index (χ3v) is 5.06. The second-order valence-electron chi connectivity index (χ2n) is 6.11. The lowest BCUT2D eigenvalue weighted by Crippen LogP contribution is -2.48. The molecule has 0 heterocycles. The fourth-order valence-electron chi connectivity index (χ4n) is 3.20. The first kappa shape index (κ1) is 16.5. The lowest BCUT2D eigenvalue weighted by molar-refractivity contribution is -0.123. The smallest absolute Gasteiger partial charge is 0.222 e. The monoisotopic (exact) mass is 352 g/mol. The van der Waals surface area contributed by atoms with Crippen LogP contribution in [0.15, 0.2) is 28.7 Å². The van der Waals surface area contributed by atoms with Gasteiger partial charge < -0.3 is 10.6 Å². The van der Waals surface area contributed by atoms with Crippen LogP contribution in [0.5, 0.6) is 0 Å². The van der Waals surface area contributed by atoms with Gasteiger partial charge in [0.2, 0.25) is 5.91 Å². The average molecular weight is 353 g/mol. The maximum absolute atomic E-state index is 12.4. The van der Waals surface area contributed by atoms with Crippen LogP contribution in [0.2, 0.25) is 0 Å². The molecule has 1 saturated carbocycles. The van der Waals surface area contributed by atoms with Crippen molar-refractivity contribution in [3.63, 3.8) is 0 Å². The molecular weight excluding hydrogens is 328 g/mol. The summed E-state index contributed by atoms with van der Waals surface area (Å²) < 4.78 is 1.04. The highest BCUT2D eigenvalue weighted by molar-refractivity contribution is 9.10. The van der Waals surface area contributed by atoms with Gasteiger partial charge in [0.25, 0.3) is 0 Å². The molecule has 0 aromatic heterocycles. The van der Waals surface area contributed by atoms with Crippen molar-refractivity contribution >= 4 is 21.8 Å². The number of amides is 1. The highest BCUT2D eigenvalue weighted by Crippen LogP contribution is 2.31. The quantitative estimate of drug-likeness (QED) is 0.842. The van der Waals surface area contributed by atoms with Gasteiger partial charge in [-0.25, -0.2) is 0 Å². The highest BCUT2D eigenvalue weighted by atomic mass is 79.9. The van der Waals surface area contributed by atoms with Crippen molar-refractivity contribution in [2.75, 3.05) is 7.05 Å². The minimum Gasteiger partial charge on any atom is -0.350 e. The number of rotatable bonds is 5. The van der Waals surface area contributed by atoms with Gasteiger partial charge in [0.05, 0.1) is 6.04 Å². The number of nitrogens with one attached hydrogen (secondary N) is 2. The van der Waals surface area contributed by atoms with Crippen molar-refractivity contribution in [3.8, 4) is 0 Å². The molecule has 1 amide bonds. The molecule has 1 fully saturated rings. The molecule has 4 heteroatoms. The summed E-state index contributed by atoms with van der Waals surface area (Å²) in [4.78, 5) is 12.4. The van der Waals surface area contributed by atoms with E-state index in [4.69, 9.17) is 0 Å².